The van der Waals surface area contributed by atoms with Gasteiger partial charge in [0, 0.05) is 6.54 Å². The molecule has 3 rings (SSSR count). The number of ether oxygens (including phenoxy) is 1. The van der Waals surface area contributed by atoms with Gasteiger partial charge in [-0.25, -0.2) is 0 Å². The van der Waals surface area contributed by atoms with E-state index in [0.717, 1.165) is 27.5 Å². The summed E-state index contributed by atoms with van der Waals surface area (Å²) >= 11 is 0. The highest BCUT2D eigenvalue weighted by Gasteiger charge is 2.10. The van der Waals surface area contributed by atoms with Crippen LogP contribution in [0.5, 0.6) is 0 Å². The van der Waals surface area contributed by atoms with Gasteiger partial charge in [-0.05, 0) is 34.4 Å². The maximum absolute atomic E-state index is 12.1. The molecule has 0 aromatic heterocycles. The van der Waals surface area contributed by atoms with Gasteiger partial charge in [0.1, 0.15) is 0 Å². The SMILES string of the molecule is Cc1ccccc1CNC(=O)COC(=O)Cc1cccc2ccccc12. The zero-order valence-electron chi connectivity index (χ0n) is 14.7. The molecule has 0 saturated carbocycles. The molecular formula is C22H21NO3. The molecule has 4 heteroatoms. The molecule has 3 aromatic rings. The van der Waals surface area contributed by atoms with E-state index in [1.165, 1.54) is 0 Å². The van der Waals surface area contributed by atoms with Gasteiger partial charge in [-0.2, -0.15) is 0 Å². The molecule has 0 radical (unpaired) electrons. The van der Waals surface area contributed by atoms with Crippen LogP contribution < -0.4 is 5.32 Å². The van der Waals surface area contributed by atoms with Crippen LogP contribution in [0, 0.1) is 6.92 Å². The Bertz CT molecular complexity index is 928. The second kappa shape index (κ2) is 8.30. The molecule has 0 saturated heterocycles. The molecule has 1 N–H and O–H groups in total. The predicted molar refractivity (Wildman–Crippen MR) is 102 cm³/mol. The van der Waals surface area contributed by atoms with Gasteiger partial charge in [0.25, 0.3) is 5.91 Å². The summed E-state index contributed by atoms with van der Waals surface area (Å²) in [5.41, 5.74) is 3.05. The van der Waals surface area contributed by atoms with Crippen LogP contribution in [0.4, 0.5) is 0 Å². The number of benzene rings is 3. The summed E-state index contributed by atoms with van der Waals surface area (Å²) in [6, 6.07) is 21.5. The van der Waals surface area contributed by atoms with Crippen LogP contribution in [0.15, 0.2) is 66.7 Å². The lowest BCUT2D eigenvalue weighted by Gasteiger charge is -2.09. The Balaban J connectivity index is 1.50. The van der Waals surface area contributed by atoms with Gasteiger partial charge >= 0.3 is 5.97 Å². The second-order valence-electron chi connectivity index (χ2n) is 6.18. The molecule has 0 atom stereocenters. The second-order valence-corrected chi connectivity index (χ2v) is 6.18. The van der Waals surface area contributed by atoms with Crippen LogP contribution in [-0.4, -0.2) is 18.5 Å². The maximum Gasteiger partial charge on any atom is 0.310 e. The van der Waals surface area contributed by atoms with Gasteiger partial charge < -0.3 is 10.1 Å². The van der Waals surface area contributed by atoms with Crippen molar-refractivity contribution in [2.24, 2.45) is 0 Å². The van der Waals surface area contributed by atoms with E-state index in [4.69, 9.17) is 4.74 Å². The highest BCUT2D eigenvalue weighted by Crippen LogP contribution is 2.19. The minimum absolute atomic E-state index is 0.145. The van der Waals surface area contributed by atoms with Crippen LogP contribution in [0.3, 0.4) is 0 Å². The molecule has 0 unspecified atom stereocenters. The molecule has 3 aromatic carbocycles. The number of aryl methyl sites for hydroxylation is 1. The first-order valence-electron chi connectivity index (χ1n) is 8.57. The van der Waals surface area contributed by atoms with Crippen molar-refractivity contribution in [2.45, 2.75) is 19.9 Å². The van der Waals surface area contributed by atoms with E-state index < -0.39 is 5.97 Å². The molecule has 0 fully saturated rings. The van der Waals surface area contributed by atoms with Crippen LogP contribution in [0.25, 0.3) is 10.8 Å². The van der Waals surface area contributed by atoms with Gasteiger partial charge in [-0.15, -0.1) is 0 Å². The molecule has 0 aliphatic rings. The van der Waals surface area contributed by atoms with Crippen molar-refractivity contribution in [1.29, 1.82) is 0 Å². The number of esters is 1. The number of amides is 1. The average molecular weight is 347 g/mol. The molecule has 4 nitrogen and oxygen atoms in total. The first-order valence-corrected chi connectivity index (χ1v) is 8.57. The van der Waals surface area contributed by atoms with Crippen molar-refractivity contribution in [1.82, 2.24) is 5.32 Å². The lowest BCUT2D eigenvalue weighted by atomic mass is 10.0. The van der Waals surface area contributed by atoms with Gasteiger partial charge in [-0.1, -0.05) is 66.7 Å². The zero-order chi connectivity index (χ0) is 18.4. The quantitative estimate of drug-likeness (QED) is 0.694. The third-order valence-corrected chi connectivity index (χ3v) is 4.32. The van der Waals surface area contributed by atoms with Gasteiger partial charge in [0.2, 0.25) is 0 Å². The summed E-state index contributed by atoms with van der Waals surface area (Å²) in [7, 11) is 0. The number of carbonyl (C=O) groups excluding carboxylic acids is 2. The van der Waals surface area contributed by atoms with E-state index in [-0.39, 0.29) is 18.9 Å². The minimum atomic E-state index is -0.410. The molecule has 1 amide bonds. The fraction of sp³-hybridized carbons (Fsp3) is 0.182. The molecule has 0 bridgehead atoms. The fourth-order valence-electron chi connectivity index (χ4n) is 2.85. The normalized spacial score (nSPS) is 10.5. The largest absolute Gasteiger partial charge is 0.455 e. The highest BCUT2D eigenvalue weighted by atomic mass is 16.5. The molecule has 0 heterocycles. The first-order chi connectivity index (χ1) is 12.6. The number of nitrogens with one attached hydrogen (secondary N) is 1. The number of hydrogen-bond acceptors (Lipinski definition) is 3. The molecule has 132 valence electrons. The van der Waals surface area contributed by atoms with Crippen LogP contribution in [-0.2, 0) is 27.3 Å². The highest BCUT2D eigenvalue weighted by molar-refractivity contribution is 5.89. The maximum atomic E-state index is 12.1. The summed E-state index contributed by atoms with van der Waals surface area (Å²) in [6.45, 7) is 2.15. The topological polar surface area (TPSA) is 55.4 Å². The Kier molecular flexibility index (Phi) is 5.64. The van der Waals surface area contributed by atoms with E-state index >= 15 is 0 Å². The smallest absolute Gasteiger partial charge is 0.310 e. The van der Waals surface area contributed by atoms with Crippen LogP contribution in [0.1, 0.15) is 16.7 Å². The predicted octanol–water partition coefficient (Wildman–Crippen LogP) is 3.55. The standard InChI is InChI=1S/C22H21NO3/c1-16-7-2-3-9-19(16)14-23-21(24)15-26-22(25)13-18-11-6-10-17-8-4-5-12-20(17)18/h2-12H,13-15H2,1H3,(H,23,24). The number of rotatable bonds is 6. The monoisotopic (exact) mass is 347 g/mol. The van der Waals surface area contributed by atoms with E-state index in [1.54, 1.807) is 0 Å². The third kappa shape index (κ3) is 4.48. The number of fused-ring (bicyclic) bond motifs is 1. The molecule has 0 spiro atoms. The summed E-state index contributed by atoms with van der Waals surface area (Å²) in [5.74, 6) is -0.716. The summed E-state index contributed by atoms with van der Waals surface area (Å²) in [5, 5.41) is 4.87. The average Bonchev–Trinajstić information content (AvgIpc) is 2.66. The van der Waals surface area contributed by atoms with Crippen molar-refractivity contribution in [3.05, 3.63) is 83.4 Å². The van der Waals surface area contributed by atoms with Crippen molar-refractivity contribution >= 4 is 22.6 Å². The fourth-order valence-corrected chi connectivity index (χ4v) is 2.85. The van der Waals surface area contributed by atoms with Crippen LogP contribution >= 0.6 is 0 Å². The molecule has 0 aliphatic carbocycles. The lowest BCUT2D eigenvalue weighted by molar-refractivity contribution is -0.147. The summed E-state index contributed by atoms with van der Waals surface area (Å²) in [4.78, 5) is 24.0. The van der Waals surface area contributed by atoms with Crippen molar-refractivity contribution in [3.63, 3.8) is 0 Å². The summed E-state index contributed by atoms with van der Waals surface area (Å²) < 4.78 is 5.12. The first kappa shape index (κ1) is 17.7. The van der Waals surface area contributed by atoms with Gasteiger partial charge in [0.15, 0.2) is 6.61 Å². The molecular weight excluding hydrogens is 326 g/mol. The molecule has 0 aliphatic heterocycles. The summed E-state index contributed by atoms with van der Waals surface area (Å²) in [6.07, 6.45) is 0.145. The van der Waals surface area contributed by atoms with E-state index in [2.05, 4.69) is 5.32 Å². The van der Waals surface area contributed by atoms with Crippen molar-refractivity contribution in [2.75, 3.05) is 6.61 Å². The van der Waals surface area contributed by atoms with Crippen molar-refractivity contribution < 1.29 is 14.3 Å². The number of hydrogen-bond donors (Lipinski definition) is 1. The Labute approximate surface area is 152 Å². The Morgan fingerprint density at radius 2 is 1.58 bits per heavy atom. The Hall–Kier alpha value is -3.14. The van der Waals surface area contributed by atoms with Crippen molar-refractivity contribution in [3.8, 4) is 0 Å². The zero-order valence-corrected chi connectivity index (χ0v) is 14.7. The van der Waals surface area contributed by atoms with Gasteiger partial charge in [-0.3, -0.25) is 9.59 Å². The Morgan fingerprint density at radius 3 is 2.42 bits per heavy atom. The third-order valence-electron chi connectivity index (χ3n) is 4.32. The van der Waals surface area contributed by atoms with E-state index in [9.17, 15) is 9.59 Å². The van der Waals surface area contributed by atoms with Gasteiger partial charge in [0.05, 0.1) is 6.42 Å². The Morgan fingerprint density at radius 1 is 0.885 bits per heavy atom. The van der Waals surface area contributed by atoms with Crippen LogP contribution in [0.2, 0.25) is 0 Å². The molecule has 26 heavy (non-hydrogen) atoms. The minimum Gasteiger partial charge on any atom is -0.455 e. The number of carbonyl (C=O) groups is 2. The van der Waals surface area contributed by atoms with E-state index in [0.29, 0.717) is 6.54 Å². The lowest BCUT2D eigenvalue weighted by Crippen LogP contribution is -2.28. The van der Waals surface area contributed by atoms with E-state index in [1.807, 2.05) is 73.7 Å².